The minimum atomic E-state index is -0.778. The molecular formula is C10H16ClNO2. The summed E-state index contributed by atoms with van der Waals surface area (Å²) in [6.07, 6.45) is 0.118. The van der Waals surface area contributed by atoms with Gasteiger partial charge in [0.05, 0.1) is 6.42 Å². The molecule has 1 aromatic carbocycles. The second-order valence-electron chi connectivity index (χ2n) is 2.50. The van der Waals surface area contributed by atoms with Gasteiger partial charge in [0.2, 0.25) is 0 Å². The molecule has 1 rings (SSSR count). The van der Waals surface area contributed by atoms with Gasteiger partial charge in [-0.3, -0.25) is 4.79 Å². The number of benzene rings is 1. The Morgan fingerprint density at radius 2 is 1.86 bits per heavy atom. The highest BCUT2D eigenvalue weighted by Crippen LogP contribution is 2.06. The van der Waals surface area contributed by atoms with Crippen molar-refractivity contribution in [3.05, 3.63) is 35.4 Å². The largest absolute Gasteiger partial charge is 0.481 e. The molecule has 4 heteroatoms. The molecule has 80 valence electrons. The first-order chi connectivity index (χ1) is 6.20. The van der Waals surface area contributed by atoms with Gasteiger partial charge in [0.25, 0.3) is 0 Å². The van der Waals surface area contributed by atoms with E-state index in [1.807, 2.05) is 31.2 Å². The van der Waals surface area contributed by atoms with Gasteiger partial charge in [-0.1, -0.05) is 24.3 Å². The van der Waals surface area contributed by atoms with Crippen molar-refractivity contribution in [2.24, 2.45) is 5.73 Å². The molecule has 0 saturated heterocycles. The summed E-state index contributed by atoms with van der Waals surface area (Å²) in [5, 5.41) is 8.49. The molecule has 0 unspecified atom stereocenters. The SMILES string of the molecule is CN.Cc1ccccc1CC(=O)O.Cl. The quantitative estimate of drug-likeness (QED) is 0.792. The Balaban J connectivity index is 0. The number of aliphatic carboxylic acids is 1. The van der Waals surface area contributed by atoms with E-state index in [0.717, 1.165) is 11.1 Å². The molecular weight excluding hydrogens is 202 g/mol. The second-order valence-corrected chi connectivity index (χ2v) is 2.50. The zero-order chi connectivity index (χ0) is 10.3. The standard InChI is InChI=1S/C9H10O2.CH5N.ClH/c1-7-4-2-3-5-8(7)6-9(10)11;1-2;/h2-5H,6H2,1H3,(H,10,11);2H2,1H3;1H. The summed E-state index contributed by atoms with van der Waals surface area (Å²) in [6, 6.07) is 7.51. The van der Waals surface area contributed by atoms with E-state index in [1.165, 1.54) is 7.05 Å². The molecule has 3 nitrogen and oxygen atoms in total. The van der Waals surface area contributed by atoms with E-state index in [0.29, 0.717) is 0 Å². The molecule has 0 fully saturated rings. The Labute approximate surface area is 90.3 Å². The van der Waals surface area contributed by atoms with Crippen LogP contribution < -0.4 is 5.73 Å². The Hall–Kier alpha value is -1.06. The molecule has 0 saturated carbocycles. The van der Waals surface area contributed by atoms with Crippen LogP contribution in [0.1, 0.15) is 11.1 Å². The van der Waals surface area contributed by atoms with Crippen molar-refractivity contribution < 1.29 is 9.90 Å². The third-order valence-electron chi connectivity index (χ3n) is 1.60. The van der Waals surface area contributed by atoms with E-state index in [-0.39, 0.29) is 18.8 Å². The van der Waals surface area contributed by atoms with E-state index in [2.05, 4.69) is 5.73 Å². The number of carboxylic acids is 1. The molecule has 0 aliphatic rings. The average molecular weight is 218 g/mol. The minimum absolute atomic E-state index is 0. The minimum Gasteiger partial charge on any atom is -0.481 e. The fourth-order valence-electron chi connectivity index (χ4n) is 0.971. The summed E-state index contributed by atoms with van der Waals surface area (Å²) in [6.45, 7) is 1.91. The van der Waals surface area contributed by atoms with Gasteiger partial charge in [-0.05, 0) is 25.1 Å². The first-order valence-electron chi connectivity index (χ1n) is 4.04. The zero-order valence-corrected chi connectivity index (χ0v) is 9.17. The predicted octanol–water partition coefficient (Wildman–Crippen LogP) is 1.62. The second kappa shape index (κ2) is 8.53. The maximum Gasteiger partial charge on any atom is 0.307 e. The van der Waals surface area contributed by atoms with E-state index in [1.54, 1.807) is 0 Å². The van der Waals surface area contributed by atoms with Crippen molar-refractivity contribution in [3.63, 3.8) is 0 Å². The smallest absolute Gasteiger partial charge is 0.307 e. The summed E-state index contributed by atoms with van der Waals surface area (Å²) in [7, 11) is 1.50. The molecule has 0 radical (unpaired) electrons. The lowest BCUT2D eigenvalue weighted by molar-refractivity contribution is -0.136. The fourth-order valence-corrected chi connectivity index (χ4v) is 0.971. The summed E-state index contributed by atoms with van der Waals surface area (Å²) in [5.74, 6) is -0.778. The average Bonchev–Trinajstić information content (AvgIpc) is 2.12. The van der Waals surface area contributed by atoms with Gasteiger partial charge in [0.1, 0.15) is 0 Å². The van der Waals surface area contributed by atoms with E-state index in [9.17, 15) is 4.79 Å². The van der Waals surface area contributed by atoms with Crippen molar-refractivity contribution in [3.8, 4) is 0 Å². The molecule has 0 spiro atoms. The molecule has 14 heavy (non-hydrogen) atoms. The molecule has 0 aromatic heterocycles. The van der Waals surface area contributed by atoms with E-state index >= 15 is 0 Å². The Morgan fingerprint density at radius 3 is 2.29 bits per heavy atom. The van der Waals surface area contributed by atoms with Crippen molar-refractivity contribution in [2.75, 3.05) is 7.05 Å². The van der Waals surface area contributed by atoms with Gasteiger partial charge in [-0.2, -0.15) is 0 Å². The van der Waals surface area contributed by atoms with Crippen LogP contribution in [0.3, 0.4) is 0 Å². The normalized spacial score (nSPS) is 7.93. The number of carbonyl (C=O) groups is 1. The lowest BCUT2D eigenvalue weighted by Crippen LogP contribution is -2.01. The van der Waals surface area contributed by atoms with Crippen molar-refractivity contribution in [1.29, 1.82) is 0 Å². The Kier molecular flexibility index (Phi) is 9.40. The van der Waals surface area contributed by atoms with Crippen LogP contribution in [-0.4, -0.2) is 18.1 Å². The highest BCUT2D eigenvalue weighted by Gasteiger charge is 2.01. The van der Waals surface area contributed by atoms with Gasteiger partial charge in [-0.25, -0.2) is 0 Å². The van der Waals surface area contributed by atoms with Crippen LogP contribution in [0.2, 0.25) is 0 Å². The summed E-state index contributed by atoms with van der Waals surface area (Å²) in [5.41, 5.74) is 6.43. The van der Waals surface area contributed by atoms with Gasteiger partial charge >= 0.3 is 5.97 Å². The Morgan fingerprint density at radius 1 is 1.36 bits per heavy atom. The van der Waals surface area contributed by atoms with Crippen LogP contribution in [0.15, 0.2) is 24.3 Å². The van der Waals surface area contributed by atoms with Crippen LogP contribution in [0.4, 0.5) is 0 Å². The predicted molar refractivity (Wildman–Crippen MR) is 59.9 cm³/mol. The molecule has 0 atom stereocenters. The fraction of sp³-hybridized carbons (Fsp3) is 0.300. The maximum absolute atomic E-state index is 10.3. The first-order valence-corrected chi connectivity index (χ1v) is 4.04. The number of halogens is 1. The maximum atomic E-state index is 10.3. The van der Waals surface area contributed by atoms with Crippen LogP contribution in [-0.2, 0) is 11.2 Å². The summed E-state index contributed by atoms with van der Waals surface area (Å²) >= 11 is 0. The highest BCUT2D eigenvalue weighted by atomic mass is 35.5. The molecule has 0 aliphatic heterocycles. The summed E-state index contributed by atoms with van der Waals surface area (Å²) in [4.78, 5) is 10.3. The number of carboxylic acid groups (broad SMARTS) is 1. The molecule has 0 heterocycles. The zero-order valence-electron chi connectivity index (χ0n) is 8.36. The van der Waals surface area contributed by atoms with Crippen molar-refractivity contribution in [2.45, 2.75) is 13.3 Å². The molecule has 3 N–H and O–H groups in total. The van der Waals surface area contributed by atoms with Gasteiger partial charge in [-0.15, -0.1) is 12.4 Å². The van der Waals surface area contributed by atoms with Gasteiger partial charge in [0.15, 0.2) is 0 Å². The number of hydrogen-bond donors (Lipinski definition) is 2. The molecule has 0 bridgehead atoms. The topological polar surface area (TPSA) is 63.3 Å². The third kappa shape index (κ3) is 5.56. The lowest BCUT2D eigenvalue weighted by Gasteiger charge is -1.99. The van der Waals surface area contributed by atoms with Crippen LogP contribution in [0, 0.1) is 6.92 Å². The van der Waals surface area contributed by atoms with E-state index in [4.69, 9.17) is 5.11 Å². The summed E-state index contributed by atoms with van der Waals surface area (Å²) < 4.78 is 0. The molecule has 0 amide bonds. The monoisotopic (exact) mass is 217 g/mol. The van der Waals surface area contributed by atoms with Gasteiger partial charge < -0.3 is 10.8 Å². The number of nitrogens with two attached hydrogens (primary N) is 1. The number of aryl methyl sites for hydroxylation is 1. The van der Waals surface area contributed by atoms with Crippen molar-refractivity contribution >= 4 is 18.4 Å². The van der Waals surface area contributed by atoms with Crippen LogP contribution in [0.5, 0.6) is 0 Å². The van der Waals surface area contributed by atoms with E-state index < -0.39 is 5.97 Å². The van der Waals surface area contributed by atoms with Crippen LogP contribution in [0.25, 0.3) is 0 Å². The number of hydrogen-bond acceptors (Lipinski definition) is 2. The Bertz CT molecular complexity index is 277. The third-order valence-corrected chi connectivity index (χ3v) is 1.60. The molecule has 0 aliphatic carbocycles. The lowest BCUT2D eigenvalue weighted by atomic mass is 10.1. The van der Waals surface area contributed by atoms with Crippen LogP contribution >= 0.6 is 12.4 Å². The van der Waals surface area contributed by atoms with Crippen molar-refractivity contribution in [1.82, 2.24) is 0 Å². The van der Waals surface area contributed by atoms with Gasteiger partial charge in [0, 0.05) is 0 Å². The highest BCUT2D eigenvalue weighted by molar-refractivity contribution is 5.85. The molecule has 1 aromatic rings. The first kappa shape index (κ1) is 15.4. The number of rotatable bonds is 2.